The van der Waals surface area contributed by atoms with Crippen LogP contribution in [-0.2, 0) is 28.6 Å². The topological polar surface area (TPSA) is 99.1 Å². The number of carboxylic acids is 1. The molecule has 0 aliphatic heterocycles. The fraction of sp³-hybridized carbons (Fsp3) is 0.755. The summed E-state index contributed by atoms with van der Waals surface area (Å²) in [7, 11) is 5.53. The Morgan fingerprint density at radius 2 is 0.869 bits per heavy atom. The van der Waals surface area contributed by atoms with E-state index in [4.69, 9.17) is 14.2 Å². The predicted molar refractivity (Wildman–Crippen MR) is 257 cm³/mol. The third-order valence-corrected chi connectivity index (χ3v) is 10.9. The number of hydrogen-bond donors (Lipinski definition) is 1. The summed E-state index contributed by atoms with van der Waals surface area (Å²) in [6.07, 6.45) is 54.1. The maximum Gasteiger partial charge on any atom is 0.362 e. The fourth-order valence-electron chi connectivity index (χ4n) is 7.14. The minimum atomic E-state index is -0.877. The Morgan fingerprint density at radius 1 is 0.492 bits per heavy atom. The first-order chi connectivity index (χ1) is 29.6. The molecule has 2 atom stereocenters. The van der Waals surface area contributed by atoms with Crippen LogP contribution in [0.2, 0.25) is 0 Å². The summed E-state index contributed by atoms with van der Waals surface area (Å²) in [5.41, 5.74) is 0. The maximum absolute atomic E-state index is 12.7. The molecule has 0 heterocycles. The van der Waals surface area contributed by atoms with E-state index in [2.05, 4.69) is 74.6 Å². The number of carbonyl (C=O) groups excluding carboxylic acids is 2. The first-order valence-corrected chi connectivity index (χ1v) is 24.8. The van der Waals surface area contributed by atoms with Gasteiger partial charge < -0.3 is 23.8 Å². The van der Waals surface area contributed by atoms with Crippen molar-refractivity contribution in [1.29, 1.82) is 0 Å². The number of likely N-dealkylation sites (N-methyl/N-ethyl adjacent to an activating group) is 1. The molecule has 2 unspecified atom stereocenters. The van der Waals surface area contributed by atoms with Crippen LogP contribution in [0, 0.1) is 0 Å². The molecule has 1 N–H and O–H groups in total. The van der Waals surface area contributed by atoms with Crippen LogP contribution < -0.4 is 0 Å². The van der Waals surface area contributed by atoms with Gasteiger partial charge in [0.15, 0.2) is 12.1 Å². The summed E-state index contributed by atoms with van der Waals surface area (Å²) in [5.74, 6) is -1.48. The molecule has 0 aromatic carbocycles. The van der Waals surface area contributed by atoms with Crippen LogP contribution in [0.15, 0.2) is 60.8 Å². The zero-order valence-electron chi connectivity index (χ0n) is 40.1. The van der Waals surface area contributed by atoms with Gasteiger partial charge in [-0.2, -0.15) is 0 Å². The second kappa shape index (κ2) is 43.7. The molecule has 0 aromatic rings. The summed E-state index contributed by atoms with van der Waals surface area (Å²) >= 11 is 0. The average Bonchev–Trinajstić information content (AvgIpc) is 3.22. The van der Waals surface area contributed by atoms with Gasteiger partial charge in [-0.1, -0.05) is 177 Å². The van der Waals surface area contributed by atoms with Crippen molar-refractivity contribution in [1.82, 2.24) is 0 Å². The Hall–Kier alpha value is -2.97. The third kappa shape index (κ3) is 42.1. The van der Waals surface area contributed by atoms with Gasteiger partial charge in [-0.3, -0.25) is 9.59 Å². The second-order valence-electron chi connectivity index (χ2n) is 17.7. The Kier molecular flexibility index (Phi) is 41.5. The molecule has 8 nitrogen and oxygen atoms in total. The van der Waals surface area contributed by atoms with Crippen molar-refractivity contribution in [3.8, 4) is 0 Å². The van der Waals surface area contributed by atoms with Gasteiger partial charge in [-0.25, -0.2) is 4.79 Å². The second-order valence-corrected chi connectivity index (χ2v) is 17.7. The standard InChI is InChI=1S/C53H93NO7/c1-6-8-10-12-14-16-18-20-22-23-24-25-26-27-28-29-30-32-33-35-37-39-41-43-51(55)60-48-49(47-59-46-45-50(53(57)58)54(3,4)5)61-52(56)44-42-40-38-36-34-31-21-19-17-15-13-11-9-7-2/h8-11,14-17,20,22,49-50H,6-7,12-13,18-19,21,23-48H2,1-5H3/p+1/b10-8+,11-9+,16-14+,17-15+,22-20+. The van der Waals surface area contributed by atoms with Gasteiger partial charge in [-0.05, 0) is 70.6 Å². The summed E-state index contributed by atoms with van der Waals surface area (Å²) in [6.45, 7) is 4.52. The Morgan fingerprint density at radius 3 is 1.28 bits per heavy atom. The minimum Gasteiger partial charge on any atom is -0.477 e. The van der Waals surface area contributed by atoms with Crippen molar-refractivity contribution in [3.63, 3.8) is 0 Å². The number of carboxylic acid groups (broad SMARTS) is 1. The van der Waals surface area contributed by atoms with Crippen LogP contribution in [0.5, 0.6) is 0 Å². The molecule has 8 heteroatoms. The number of aliphatic carboxylic acids is 1. The van der Waals surface area contributed by atoms with Gasteiger partial charge in [0.25, 0.3) is 0 Å². The summed E-state index contributed by atoms with van der Waals surface area (Å²) in [4.78, 5) is 37.1. The number of rotatable bonds is 44. The lowest BCUT2D eigenvalue weighted by molar-refractivity contribution is -0.887. The zero-order chi connectivity index (χ0) is 44.9. The summed E-state index contributed by atoms with van der Waals surface area (Å²) in [5, 5.41) is 9.64. The van der Waals surface area contributed by atoms with E-state index >= 15 is 0 Å². The number of allylic oxidation sites excluding steroid dienone is 10. The molecule has 0 fully saturated rings. The van der Waals surface area contributed by atoms with E-state index in [9.17, 15) is 19.5 Å². The molecule has 0 spiro atoms. The SMILES string of the molecule is CC/C=C/C/C=C/C/C=C/CCCCCCCCCCCCCCCC(=O)OCC(COCCC(C(=O)O)[N+](C)(C)C)OC(=O)CCCCCCCCC/C=C/C/C=C/CC. The zero-order valence-corrected chi connectivity index (χ0v) is 40.1. The van der Waals surface area contributed by atoms with Crippen molar-refractivity contribution in [2.24, 2.45) is 0 Å². The lowest BCUT2D eigenvalue weighted by Crippen LogP contribution is -2.50. The predicted octanol–water partition coefficient (Wildman–Crippen LogP) is 14.1. The van der Waals surface area contributed by atoms with E-state index in [0.29, 0.717) is 19.3 Å². The number of ether oxygens (including phenoxy) is 3. The number of nitrogens with zero attached hydrogens (tertiary/aromatic N) is 1. The van der Waals surface area contributed by atoms with E-state index in [-0.39, 0.29) is 36.2 Å². The highest BCUT2D eigenvalue weighted by molar-refractivity contribution is 5.72. The number of quaternary nitrogens is 1. The van der Waals surface area contributed by atoms with Gasteiger partial charge >= 0.3 is 17.9 Å². The number of esters is 2. The van der Waals surface area contributed by atoms with Crippen LogP contribution in [0.3, 0.4) is 0 Å². The van der Waals surface area contributed by atoms with Crippen molar-refractivity contribution < 1.29 is 38.2 Å². The molecule has 0 amide bonds. The number of unbranched alkanes of at least 4 members (excludes halogenated alkanes) is 20. The average molecular weight is 857 g/mol. The molecule has 0 rings (SSSR count). The smallest absolute Gasteiger partial charge is 0.362 e. The molecule has 352 valence electrons. The van der Waals surface area contributed by atoms with Gasteiger partial charge in [-0.15, -0.1) is 0 Å². The van der Waals surface area contributed by atoms with Crippen molar-refractivity contribution in [3.05, 3.63) is 60.8 Å². The first-order valence-electron chi connectivity index (χ1n) is 24.8. The number of carbonyl (C=O) groups is 3. The van der Waals surface area contributed by atoms with Gasteiger partial charge in [0.2, 0.25) is 0 Å². The third-order valence-electron chi connectivity index (χ3n) is 10.9. The normalized spacial score (nSPS) is 13.4. The number of hydrogen-bond acceptors (Lipinski definition) is 6. The van der Waals surface area contributed by atoms with E-state index in [1.165, 1.54) is 96.3 Å². The highest BCUT2D eigenvalue weighted by Crippen LogP contribution is 2.15. The summed E-state index contributed by atoms with van der Waals surface area (Å²) < 4.78 is 17.3. The molecular weight excluding hydrogens is 763 g/mol. The minimum absolute atomic E-state index is 0.0555. The van der Waals surface area contributed by atoms with E-state index < -0.39 is 18.1 Å². The molecule has 0 aliphatic rings. The van der Waals surface area contributed by atoms with Crippen molar-refractivity contribution in [2.45, 2.75) is 219 Å². The van der Waals surface area contributed by atoms with Crippen LogP contribution >= 0.6 is 0 Å². The Balaban J connectivity index is 4.20. The molecular formula is C53H94NO7+. The molecule has 0 radical (unpaired) electrons. The fourth-order valence-corrected chi connectivity index (χ4v) is 7.14. The lowest BCUT2D eigenvalue weighted by Gasteiger charge is -2.31. The van der Waals surface area contributed by atoms with Gasteiger partial charge in [0.1, 0.15) is 6.61 Å². The van der Waals surface area contributed by atoms with Crippen LogP contribution in [0.1, 0.15) is 206 Å². The van der Waals surface area contributed by atoms with Crippen LogP contribution in [-0.4, -0.2) is 80.6 Å². The van der Waals surface area contributed by atoms with Gasteiger partial charge in [0.05, 0.1) is 34.4 Å². The maximum atomic E-state index is 12.7. The highest BCUT2D eigenvalue weighted by Gasteiger charge is 2.31. The lowest BCUT2D eigenvalue weighted by atomic mass is 10.0. The van der Waals surface area contributed by atoms with E-state index in [0.717, 1.165) is 77.0 Å². The monoisotopic (exact) mass is 857 g/mol. The molecule has 0 saturated carbocycles. The van der Waals surface area contributed by atoms with Crippen molar-refractivity contribution >= 4 is 17.9 Å². The Labute approximate surface area is 375 Å². The van der Waals surface area contributed by atoms with Crippen molar-refractivity contribution in [2.75, 3.05) is 41.0 Å². The summed E-state index contributed by atoms with van der Waals surface area (Å²) in [6, 6.07) is -0.617. The van der Waals surface area contributed by atoms with Gasteiger partial charge in [0, 0.05) is 19.3 Å². The van der Waals surface area contributed by atoms with E-state index in [1.54, 1.807) is 0 Å². The van der Waals surface area contributed by atoms with Crippen LogP contribution in [0.4, 0.5) is 0 Å². The molecule has 0 aromatic heterocycles. The largest absolute Gasteiger partial charge is 0.477 e. The highest BCUT2D eigenvalue weighted by atomic mass is 16.6. The molecule has 0 aliphatic carbocycles. The van der Waals surface area contributed by atoms with E-state index in [1.807, 2.05) is 21.1 Å². The van der Waals surface area contributed by atoms with Crippen LogP contribution in [0.25, 0.3) is 0 Å². The first kappa shape index (κ1) is 58.0. The quantitative estimate of drug-likeness (QED) is 0.0282. The Bertz CT molecular complexity index is 1180. The molecule has 61 heavy (non-hydrogen) atoms. The molecule has 0 saturated heterocycles. The molecule has 0 bridgehead atoms.